The van der Waals surface area contributed by atoms with E-state index < -0.39 is 12.7 Å². The van der Waals surface area contributed by atoms with Crippen molar-refractivity contribution in [2.45, 2.75) is 19.6 Å². The van der Waals surface area contributed by atoms with E-state index in [0.29, 0.717) is 16.4 Å². The third kappa shape index (κ3) is 5.49. The van der Waals surface area contributed by atoms with Crippen LogP contribution in [0.4, 0.5) is 20.2 Å². The first kappa shape index (κ1) is 18.8. The van der Waals surface area contributed by atoms with Crippen LogP contribution in [0.5, 0.6) is 11.5 Å². The van der Waals surface area contributed by atoms with Crippen molar-refractivity contribution in [1.29, 1.82) is 0 Å². The first-order valence-electron chi connectivity index (χ1n) is 7.35. The van der Waals surface area contributed by atoms with Gasteiger partial charge in [-0.15, -0.1) is 0 Å². The number of carbonyl (C=O) groups is 1. The molecule has 134 valence electrons. The molecule has 0 fully saturated rings. The second-order valence-corrected chi connectivity index (χ2v) is 5.55. The van der Waals surface area contributed by atoms with Crippen LogP contribution in [-0.2, 0) is 4.79 Å². The third-order valence-electron chi connectivity index (χ3n) is 3.25. The Morgan fingerprint density at radius 3 is 2.52 bits per heavy atom. The second-order valence-electron chi connectivity index (χ2n) is 5.11. The van der Waals surface area contributed by atoms with E-state index in [0.717, 1.165) is 0 Å². The van der Waals surface area contributed by atoms with Gasteiger partial charge in [-0.05, 0) is 37.3 Å². The normalized spacial score (nSPS) is 11.8. The molecule has 0 saturated carbocycles. The molecule has 0 heterocycles. The molecule has 0 saturated heterocycles. The Balaban J connectivity index is 2.06. The van der Waals surface area contributed by atoms with E-state index in [-0.39, 0.29) is 17.4 Å². The van der Waals surface area contributed by atoms with Crippen LogP contribution in [0.1, 0.15) is 6.92 Å². The largest absolute Gasteiger partial charge is 0.493 e. The second kappa shape index (κ2) is 8.53. The monoisotopic (exact) mass is 370 g/mol. The number of ether oxygens (including phenoxy) is 2. The van der Waals surface area contributed by atoms with Crippen LogP contribution >= 0.6 is 11.6 Å². The van der Waals surface area contributed by atoms with E-state index in [1.807, 2.05) is 0 Å². The van der Waals surface area contributed by atoms with Gasteiger partial charge < -0.3 is 20.1 Å². The van der Waals surface area contributed by atoms with Crippen molar-refractivity contribution in [2.75, 3.05) is 17.7 Å². The van der Waals surface area contributed by atoms with Gasteiger partial charge >= 0.3 is 6.61 Å². The molecule has 0 spiro atoms. The van der Waals surface area contributed by atoms with Gasteiger partial charge in [-0.3, -0.25) is 4.79 Å². The summed E-state index contributed by atoms with van der Waals surface area (Å²) < 4.78 is 34.3. The predicted octanol–water partition coefficient (Wildman–Crippen LogP) is 4.39. The standard InChI is InChI=1S/C17H17ClF2N2O3/c1-10(16(23)22-12-5-3-4-11(18)8-12)21-13-6-7-14(24-2)15(9-13)25-17(19)20/h3-10,17,21H,1-2H3,(H,22,23). The lowest BCUT2D eigenvalue weighted by Gasteiger charge is -2.17. The van der Waals surface area contributed by atoms with Gasteiger partial charge in [0.1, 0.15) is 6.04 Å². The predicted molar refractivity (Wildman–Crippen MR) is 92.8 cm³/mol. The molecule has 2 aromatic rings. The van der Waals surface area contributed by atoms with Gasteiger partial charge in [-0.1, -0.05) is 17.7 Å². The summed E-state index contributed by atoms with van der Waals surface area (Å²) in [6, 6.07) is 10.5. The van der Waals surface area contributed by atoms with Crippen LogP contribution in [0.25, 0.3) is 0 Å². The Labute approximate surface area is 148 Å². The minimum atomic E-state index is -2.98. The van der Waals surface area contributed by atoms with Crippen molar-refractivity contribution in [2.24, 2.45) is 0 Å². The summed E-state index contributed by atoms with van der Waals surface area (Å²) >= 11 is 5.87. The van der Waals surface area contributed by atoms with Gasteiger partial charge in [0.05, 0.1) is 7.11 Å². The molecule has 2 aromatic carbocycles. The Hall–Kier alpha value is -2.54. The fraction of sp³-hybridized carbons (Fsp3) is 0.235. The van der Waals surface area contributed by atoms with E-state index in [2.05, 4.69) is 15.4 Å². The summed E-state index contributed by atoms with van der Waals surface area (Å²) in [6.07, 6.45) is 0. The Morgan fingerprint density at radius 2 is 1.88 bits per heavy atom. The minimum Gasteiger partial charge on any atom is -0.493 e. The first-order valence-corrected chi connectivity index (χ1v) is 7.72. The molecule has 0 aromatic heterocycles. The number of halogens is 3. The number of benzene rings is 2. The lowest BCUT2D eigenvalue weighted by molar-refractivity contribution is -0.116. The zero-order valence-corrected chi connectivity index (χ0v) is 14.3. The average Bonchev–Trinajstić information content (AvgIpc) is 2.54. The SMILES string of the molecule is COc1ccc(NC(C)C(=O)Nc2cccc(Cl)c2)cc1OC(F)F. The van der Waals surface area contributed by atoms with Crippen molar-refractivity contribution < 1.29 is 23.0 Å². The van der Waals surface area contributed by atoms with E-state index in [9.17, 15) is 13.6 Å². The summed E-state index contributed by atoms with van der Waals surface area (Å²) in [6.45, 7) is -1.34. The molecular weight excluding hydrogens is 354 g/mol. The molecule has 0 aliphatic carbocycles. The van der Waals surface area contributed by atoms with Crippen LogP contribution in [0.3, 0.4) is 0 Å². The Morgan fingerprint density at radius 1 is 1.12 bits per heavy atom. The maximum absolute atomic E-state index is 12.5. The van der Waals surface area contributed by atoms with Gasteiger partial charge in [-0.25, -0.2) is 0 Å². The number of rotatable bonds is 7. The molecule has 0 aliphatic rings. The van der Waals surface area contributed by atoms with Crippen molar-refractivity contribution in [3.8, 4) is 11.5 Å². The zero-order chi connectivity index (χ0) is 18.4. The number of anilines is 2. The quantitative estimate of drug-likeness (QED) is 0.759. The maximum atomic E-state index is 12.5. The fourth-order valence-electron chi connectivity index (χ4n) is 2.09. The van der Waals surface area contributed by atoms with E-state index >= 15 is 0 Å². The number of carbonyl (C=O) groups excluding carboxylic acids is 1. The molecule has 1 unspecified atom stereocenters. The highest BCUT2D eigenvalue weighted by atomic mass is 35.5. The summed E-state index contributed by atoms with van der Waals surface area (Å²) in [7, 11) is 1.35. The fourth-order valence-corrected chi connectivity index (χ4v) is 2.28. The molecule has 0 aliphatic heterocycles. The van der Waals surface area contributed by atoms with Crippen molar-refractivity contribution in [3.63, 3.8) is 0 Å². The van der Waals surface area contributed by atoms with Crippen LogP contribution in [-0.4, -0.2) is 25.7 Å². The van der Waals surface area contributed by atoms with Crippen LogP contribution in [0.2, 0.25) is 5.02 Å². The van der Waals surface area contributed by atoms with E-state index in [1.54, 1.807) is 37.3 Å². The molecule has 0 bridgehead atoms. The van der Waals surface area contributed by atoms with Crippen molar-refractivity contribution >= 4 is 28.9 Å². The van der Waals surface area contributed by atoms with Gasteiger partial charge in [0, 0.05) is 22.5 Å². The number of hydrogen-bond acceptors (Lipinski definition) is 4. The minimum absolute atomic E-state index is 0.120. The Bertz CT molecular complexity index is 744. The lowest BCUT2D eigenvalue weighted by Crippen LogP contribution is -2.31. The molecular formula is C17H17ClF2N2O3. The molecule has 1 atom stereocenters. The molecule has 2 N–H and O–H groups in total. The van der Waals surface area contributed by atoms with Crippen LogP contribution < -0.4 is 20.1 Å². The van der Waals surface area contributed by atoms with Gasteiger partial charge in [0.15, 0.2) is 11.5 Å². The van der Waals surface area contributed by atoms with Crippen LogP contribution in [0, 0.1) is 0 Å². The number of hydrogen-bond donors (Lipinski definition) is 2. The molecule has 25 heavy (non-hydrogen) atoms. The van der Waals surface area contributed by atoms with Gasteiger partial charge in [0.25, 0.3) is 0 Å². The summed E-state index contributed by atoms with van der Waals surface area (Å²) in [5, 5.41) is 6.13. The van der Waals surface area contributed by atoms with E-state index in [4.69, 9.17) is 16.3 Å². The molecule has 5 nitrogen and oxygen atoms in total. The lowest BCUT2D eigenvalue weighted by atomic mass is 10.2. The number of alkyl halides is 2. The van der Waals surface area contributed by atoms with Crippen molar-refractivity contribution in [3.05, 3.63) is 47.5 Å². The summed E-state index contributed by atoms with van der Waals surface area (Å²) in [4.78, 5) is 12.2. The van der Waals surface area contributed by atoms with Gasteiger partial charge in [-0.2, -0.15) is 8.78 Å². The molecule has 0 radical (unpaired) electrons. The third-order valence-corrected chi connectivity index (χ3v) is 3.48. The highest BCUT2D eigenvalue weighted by Gasteiger charge is 2.16. The summed E-state index contributed by atoms with van der Waals surface area (Å²) in [5.74, 6) is -0.263. The zero-order valence-electron chi connectivity index (χ0n) is 13.6. The number of nitrogens with one attached hydrogen (secondary N) is 2. The first-order chi connectivity index (χ1) is 11.9. The van der Waals surface area contributed by atoms with E-state index in [1.165, 1.54) is 19.2 Å². The molecule has 2 rings (SSSR count). The maximum Gasteiger partial charge on any atom is 0.387 e. The average molecular weight is 371 g/mol. The number of methoxy groups -OCH3 is 1. The molecule has 1 amide bonds. The Kier molecular flexibility index (Phi) is 6.41. The molecule has 8 heteroatoms. The van der Waals surface area contributed by atoms with Crippen molar-refractivity contribution in [1.82, 2.24) is 0 Å². The highest BCUT2D eigenvalue weighted by Crippen LogP contribution is 2.31. The smallest absolute Gasteiger partial charge is 0.387 e. The topological polar surface area (TPSA) is 59.6 Å². The van der Waals surface area contributed by atoms with Gasteiger partial charge in [0.2, 0.25) is 5.91 Å². The number of amides is 1. The highest BCUT2D eigenvalue weighted by molar-refractivity contribution is 6.30. The summed E-state index contributed by atoms with van der Waals surface area (Å²) in [5.41, 5.74) is 0.993. The van der Waals surface area contributed by atoms with Crippen LogP contribution in [0.15, 0.2) is 42.5 Å².